The highest BCUT2D eigenvalue weighted by Crippen LogP contribution is 2.29. The Hall–Kier alpha value is -2.24. The van der Waals surface area contributed by atoms with Crippen molar-refractivity contribution in [3.05, 3.63) is 23.8 Å². The molecule has 138 valence electrons. The zero-order valence-corrected chi connectivity index (χ0v) is 15.0. The molecule has 2 rings (SSSR count). The van der Waals surface area contributed by atoms with E-state index in [0.29, 0.717) is 29.6 Å². The molecule has 1 fully saturated rings. The van der Waals surface area contributed by atoms with Crippen molar-refractivity contribution in [1.29, 1.82) is 0 Å². The molecule has 0 heterocycles. The summed E-state index contributed by atoms with van der Waals surface area (Å²) in [4.78, 5) is 25.1. The lowest BCUT2D eigenvalue weighted by molar-refractivity contribution is -0.139. The molecule has 0 saturated heterocycles. The van der Waals surface area contributed by atoms with E-state index in [4.69, 9.17) is 14.6 Å². The summed E-state index contributed by atoms with van der Waals surface area (Å²) >= 11 is 0. The summed E-state index contributed by atoms with van der Waals surface area (Å²) in [5.74, 6) is 0.176. The normalized spacial score (nSPS) is 14.8. The molecule has 0 aliphatic heterocycles. The average molecular weight is 349 g/mol. The third-order valence-electron chi connectivity index (χ3n) is 4.45. The van der Waals surface area contributed by atoms with E-state index in [1.54, 1.807) is 23.1 Å². The van der Waals surface area contributed by atoms with Crippen molar-refractivity contribution in [2.24, 2.45) is 5.92 Å². The Morgan fingerprint density at radius 2 is 1.88 bits per heavy atom. The first-order chi connectivity index (χ1) is 12.0. The minimum Gasteiger partial charge on any atom is -0.490 e. The van der Waals surface area contributed by atoms with Crippen molar-refractivity contribution in [2.75, 3.05) is 26.8 Å². The number of hydrogen-bond acceptors (Lipinski definition) is 4. The van der Waals surface area contributed by atoms with Crippen molar-refractivity contribution in [3.63, 3.8) is 0 Å². The minimum absolute atomic E-state index is 0.0590. The van der Waals surface area contributed by atoms with E-state index in [1.807, 2.05) is 14.0 Å². The fraction of sp³-hybridized carbons (Fsp3) is 0.579. The second-order valence-corrected chi connectivity index (χ2v) is 6.47. The van der Waals surface area contributed by atoms with Gasteiger partial charge in [0.2, 0.25) is 0 Å². The second kappa shape index (κ2) is 9.30. The third kappa shape index (κ3) is 5.66. The molecule has 1 aromatic rings. The van der Waals surface area contributed by atoms with Crippen LogP contribution in [0.5, 0.6) is 11.5 Å². The number of carbonyl (C=O) groups is 2. The molecule has 0 radical (unpaired) electrons. The molecule has 6 nitrogen and oxygen atoms in total. The monoisotopic (exact) mass is 349 g/mol. The first-order valence-electron chi connectivity index (χ1n) is 8.88. The highest BCUT2D eigenvalue weighted by Gasteiger charge is 2.20. The number of carboxylic acids is 1. The molecular weight excluding hydrogens is 322 g/mol. The van der Waals surface area contributed by atoms with Gasteiger partial charge in [0.1, 0.15) is 0 Å². The van der Waals surface area contributed by atoms with Crippen LogP contribution in [0, 0.1) is 5.92 Å². The van der Waals surface area contributed by atoms with E-state index in [2.05, 4.69) is 0 Å². The number of carbonyl (C=O) groups excluding carboxylic acids is 1. The molecule has 0 spiro atoms. The Morgan fingerprint density at radius 3 is 2.52 bits per heavy atom. The van der Waals surface area contributed by atoms with E-state index < -0.39 is 12.6 Å². The van der Waals surface area contributed by atoms with Gasteiger partial charge < -0.3 is 19.5 Å². The predicted octanol–water partition coefficient (Wildman–Crippen LogP) is 3.20. The Labute approximate surface area is 148 Å². The maximum absolute atomic E-state index is 12.7. The number of aliphatic carboxylic acids is 1. The summed E-state index contributed by atoms with van der Waals surface area (Å²) in [6, 6.07) is 4.87. The number of nitrogens with zero attached hydrogens (tertiary/aromatic N) is 1. The van der Waals surface area contributed by atoms with Gasteiger partial charge in [-0.05, 0) is 43.9 Å². The first kappa shape index (κ1) is 19.1. The molecule has 1 N–H and O–H groups in total. The third-order valence-corrected chi connectivity index (χ3v) is 4.45. The summed E-state index contributed by atoms with van der Waals surface area (Å²) in [5.41, 5.74) is 0.518. The van der Waals surface area contributed by atoms with Gasteiger partial charge in [0, 0.05) is 19.2 Å². The SMILES string of the molecule is CCOc1cc(C(=O)N(C)CC2CCCCC2)ccc1OCC(=O)O. The van der Waals surface area contributed by atoms with Gasteiger partial charge >= 0.3 is 5.97 Å². The van der Waals surface area contributed by atoms with Gasteiger partial charge in [0.05, 0.1) is 6.61 Å². The van der Waals surface area contributed by atoms with E-state index in [1.165, 1.54) is 32.1 Å². The molecule has 1 aromatic carbocycles. The summed E-state index contributed by atoms with van der Waals surface area (Å²) in [5, 5.41) is 8.74. The number of rotatable bonds is 8. The van der Waals surface area contributed by atoms with Crippen molar-refractivity contribution in [3.8, 4) is 11.5 Å². The molecule has 0 bridgehead atoms. The quantitative estimate of drug-likeness (QED) is 0.780. The lowest BCUT2D eigenvalue weighted by Crippen LogP contribution is -2.32. The number of hydrogen-bond donors (Lipinski definition) is 1. The highest BCUT2D eigenvalue weighted by atomic mass is 16.5. The summed E-state index contributed by atoms with van der Waals surface area (Å²) < 4.78 is 10.7. The molecule has 6 heteroatoms. The maximum atomic E-state index is 12.7. The van der Waals surface area contributed by atoms with E-state index >= 15 is 0 Å². The van der Waals surface area contributed by atoms with E-state index in [0.717, 1.165) is 6.54 Å². The molecule has 1 aliphatic rings. The molecule has 25 heavy (non-hydrogen) atoms. The number of benzene rings is 1. The Morgan fingerprint density at radius 1 is 1.16 bits per heavy atom. The standard InChI is InChI=1S/C19H27NO5/c1-3-24-17-11-15(9-10-16(17)25-13-18(21)22)19(23)20(2)12-14-7-5-4-6-8-14/h9-11,14H,3-8,12-13H2,1-2H3,(H,21,22). The van der Waals surface area contributed by atoms with Gasteiger partial charge in [-0.25, -0.2) is 4.79 Å². The van der Waals surface area contributed by atoms with Crippen LogP contribution < -0.4 is 9.47 Å². The molecule has 1 amide bonds. The molecule has 0 aromatic heterocycles. The highest BCUT2D eigenvalue weighted by molar-refractivity contribution is 5.94. The van der Waals surface area contributed by atoms with Crippen LogP contribution in [0.3, 0.4) is 0 Å². The van der Waals surface area contributed by atoms with Crippen LogP contribution in [0.1, 0.15) is 49.4 Å². The zero-order valence-electron chi connectivity index (χ0n) is 15.0. The van der Waals surface area contributed by atoms with E-state index in [-0.39, 0.29) is 5.91 Å². The second-order valence-electron chi connectivity index (χ2n) is 6.47. The van der Waals surface area contributed by atoms with Crippen molar-refractivity contribution in [2.45, 2.75) is 39.0 Å². The van der Waals surface area contributed by atoms with Crippen LogP contribution in [-0.2, 0) is 4.79 Å². The Kier molecular flexibility index (Phi) is 7.10. The van der Waals surface area contributed by atoms with Gasteiger partial charge in [-0.2, -0.15) is 0 Å². The lowest BCUT2D eigenvalue weighted by atomic mass is 9.89. The van der Waals surface area contributed by atoms with Gasteiger partial charge in [0.25, 0.3) is 5.91 Å². The Balaban J connectivity index is 2.07. The minimum atomic E-state index is -1.06. The fourth-order valence-corrected chi connectivity index (χ4v) is 3.23. The maximum Gasteiger partial charge on any atom is 0.341 e. The summed E-state index contributed by atoms with van der Waals surface area (Å²) in [7, 11) is 1.83. The molecule has 1 saturated carbocycles. The number of ether oxygens (including phenoxy) is 2. The van der Waals surface area contributed by atoms with Crippen molar-refractivity contribution < 1.29 is 24.2 Å². The smallest absolute Gasteiger partial charge is 0.341 e. The van der Waals surface area contributed by atoms with Gasteiger partial charge in [0.15, 0.2) is 18.1 Å². The molecule has 1 aliphatic carbocycles. The van der Waals surface area contributed by atoms with Gasteiger partial charge in [-0.1, -0.05) is 19.3 Å². The molecule has 0 atom stereocenters. The van der Waals surface area contributed by atoms with Crippen LogP contribution >= 0.6 is 0 Å². The zero-order chi connectivity index (χ0) is 18.2. The van der Waals surface area contributed by atoms with Crippen LogP contribution in [0.25, 0.3) is 0 Å². The van der Waals surface area contributed by atoms with Crippen LogP contribution in [0.2, 0.25) is 0 Å². The predicted molar refractivity (Wildman–Crippen MR) is 94.3 cm³/mol. The van der Waals surface area contributed by atoms with Gasteiger partial charge in [-0.15, -0.1) is 0 Å². The summed E-state index contributed by atoms with van der Waals surface area (Å²) in [6.45, 7) is 2.54. The largest absolute Gasteiger partial charge is 0.490 e. The Bertz CT molecular complexity index is 595. The van der Waals surface area contributed by atoms with Gasteiger partial charge in [-0.3, -0.25) is 4.79 Å². The van der Waals surface area contributed by atoms with Crippen LogP contribution in [0.4, 0.5) is 0 Å². The van der Waals surface area contributed by atoms with Crippen molar-refractivity contribution in [1.82, 2.24) is 4.90 Å². The number of amides is 1. The van der Waals surface area contributed by atoms with Crippen LogP contribution in [0.15, 0.2) is 18.2 Å². The van der Waals surface area contributed by atoms with Crippen molar-refractivity contribution >= 4 is 11.9 Å². The molecule has 0 unspecified atom stereocenters. The topological polar surface area (TPSA) is 76.1 Å². The summed E-state index contributed by atoms with van der Waals surface area (Å²) in [6.07, 6.45) is 6.16. The molecular formula is C19H27NO5. The number of carboxylic acid groups (broad SMARTS) is 1. The first-order valence-corrected chi connectivity index (χ1v) is 8.88. The van der Waals surface area contributed by atoms with E-state index in [9.17, 15) is 9.59 Å². The fourth-order valence-electron chi connectivity index (χ4n) is 3.23. The van der Waals surface area contributed by atoms with Crippen LogP contribution in [-0.4, -0.2) is 48.7 Å². The lowest BCUT2D eigenvalue weighted by Gasteiger charge is -2.27. The average Bonchev–Trinajstić information content (AvgIpc) is 2.61.